The van der Waals surface area contributed by atoms with Crippen LogP contribution in [0.5, 0.6) is 5.75 Å². The molecule has 0 aliphatic heterocycles. The van der Waals surface area contributed by atoms with Crippen LogP contribution in [-0.4, -0.2) is 16.2 Å². The monoisotopic (exact) mass is 393 g/mol. The molecule has 0 fully saturated rings. The van der Waals surface area contributed by atoms with Crippen molar-refractivity contribution in [1.29, 1.82) is 0 Å². The maximum absolute atomic E-state index is 10.3. The van der Waals surface area contributed by atoms with Crippen LogP contribution in [0.25, 0.3) is 0 Å². The highest BCUT2D eigenvalue weighted by atomic mass is 16.4. The summed E-state index contributed by atoms with van der Waals surface area (Å²) < 4.78 is 0. The number of aromatic hydroxyl groups is 1. The summed E-state index contributed by atoms with van der Waals surface area (Å²) in [5.41, 5.74) is 5.98. The van der Waals surface area contributed by atoms with E-state index >= 15 is 0 Å². The number of carbonyl (C=O) groups is 1. The van der Waals surface area contributed by atoms with Gasteiger partial charge in [0, 0.05) is 12.1 Å². The largest absolute Gasteiger partial charge is 0.508 e. The second-order valence-corrected chi connectivity index (χ2v) is 7.69. The van der Waals surface area contributed by atoms with Crippen molar-refractivity contribution in [2.24, 2.45) is 0 Å². The molecule has 0 unspecified atom stereocenters. The summed E-state index contributed by atoms with van der Waals surface area (Å²) in [5, 5.41) is 17.2. The SMILES string of the molecule is CCCCCCCCCCCCCCCCCC(=O)O.Nc1ccc(O)cc1. The summed E-state index contributed by atoms with van der Waals surface area (Å²) >= 11 is 0. The molecule has 0 saturated heterocycles. The van der Waals surface area contributed by atoms with Crippen molar-refractivity contribution in [3.05, 3.63) is 24.3 Å². The number of unbranched alkanes of at least 4 members (excludes halogenated alkanes) is 14. The first-order valence-electron chi connectivity index (χ1n) is 11.3. The minimum Gasteiger partial charge on any atom is -0.508 e. The molecule has 0 amide bonds. The van der Waals surface area contributed by atoms with Gasteiger partial charge in [-0.05, 0) is 30.7 Å². The van der Waals surface area contributed by atoms with Crippen molar-refractivity contribution < 1.29 is 15.0 Å². The van der Waals surface area contributed by atoms with E-state index in [9.17, 15) is 4.79 Å². The molecule has 0 aromatic heterocycles. The number of anilines is 1. The fraction of sp³-hybridized carbons (Fsp3) is 0.708. The molecule has 1 aromatic rings. The van der Waals surface area contributed by atoms with Crippen LogP contribution in [0.2, 0.25) is 0 Å². The van der Waals surface area contributed by atoms with Crippen LogP contribution < -0.4 is 5.73 Å². The van der Waals surface area contributed by atoms with Crippen molar-refractivity contribution in [3.63, 3.8) is 0 Å². The van der Waals surface area contributed by atoms with Gasteiger partial charge >= 0.3 is 5.97 Å². The van der Waals surface area contributed by atoms with Crippen molar-refractivity contribution >= 4 is 11.7 Å². The Morgan fingerprint density at radius 3 is 1.39 bits per heavy atom. The second-order valence-electron chi connectivity index (χ2n) is 7.69. The molecule has 162 valence electrons. The van der Waals surface area contributed by atoms with Crippen molar-refractivity contribution in [2.75, 3.05) is 5.73 Å². The topological polar surface area (TPSA) is 83.5 Å². The number of nitrogen functional groups attached to an aromatic ring is 1. The predicted octanol–water partition coefficient (Wildman–Crippen LogP) is 7.31. The van der Waals surface area contributed by atoms with Gasteiger partial charge in [-0.3, -0.25) is 4.79 Å². The Hall–Kier alpha value is -1.71. The molecule has 0 aliphatic rings. The van der Waals surface area contributed by atoms with Crippen LogP contribution >= 0.6 is 0 Å². The molecule has 0 radical (unpaired) electrons. The zero-order valence-electron chi connectivity index (χ0n) is 18.0. The average molecular weight is 394 g/mol. The molecular formula is C24H43NO3. The molecule has 4 N–H and O–H groups in total. The van der Waals surface area contributed by atoms with Gasteiger partial charge in [-0.2, -0.15) is 0 Å². The number of aliphatic carboxylic acids is 1. The van der Waals surface area contributed by atoms with E-state index in [1.54, 1.807) is 24.3 Å². The molecule has 4 nitrogen and oxygen atoms in total. The fourth-order valence-corrected chi connectivity index (χ4v) is 3.12. The molecule has 0 heterocycles. The lowest BCUT2D eigenvalue weighted by Gasteiger charge is -2.03. The van der Waals surface area contributed by atoms with E-state index in [2.05, 4.69) is 6.92 Å². The van der Waals surface area contributed by atoms with E-state index in [4.69, 9.17) is 15.9 Å². The number of phenols is 1. The number of nitrogens with two attached hydrogens (primary N) is 1. The number of hydrogen-bond acceptors (Lipinski definition) is 3. The smallest absolute Gasteiger partial charge is 0.303 e. The lowest BCUT2D eigenvalue weighted by atomic mass is 10.0. The number of phenolic OH excluding ortho intramolecular Hbond substituents is 1. The third-order valence-corrected chi connectivity index (χ3v) is 4.89. The van der Waals surface area contributed by atoms with Gasteiger partial charge in [0.25, 0.3) is 0 Å². The van der Waals surface area contributed by atoms with Gasteiger partial charge in [-0.15, -0.1) is 0 Å². The summed E-state index contributed by atoms with van der Waals surface area (Å²) in [5.74, 6) is -0.404. The van der Waals surface area contributed by atoms with Gasteiger partial charge in [0.1, 0.15) is 5.75 Å². The Balaban J connectivity index is 0.000000749. The van der Waals surface area contributed by atoms with E-state index in [0.717, 1.165) is 12.8 Å². The third kappa shape index (κ3) is 20.6. The van der Waals surface area contributed by atoms with E-state index in [1.165, 1.54) is 83.5 Å². The molecule has 0 atom stereocenters. The number of benzene rings is 1. The van der Waals surface area contributed by atoms with E-state index in [-0.39, 0.29) is 5.75 Å². The highest BCUT2D eigenvalue weighted by molar-refractivity contribution is 5.66. The molecule has 0 bridgehead atoms. The first kappa shape index (κ1) is 26.3. The standard InChI is InChI=1S/C18H36O2.C6H7NO/c1-2-3-4-5-6-7-8-9-10-11-12-13-14-15-16-17-18(19)20;7-5-1-3-6(8)4-2-5/h2-17H2,1H3,(H,19,20);1-4,8H,7H2. The Bertz CT molecular complexity index is 438. The van der Waals surface area contributed by atoms with Crippen LogP contribution in [0.15, 0.2) is 24.3 Å². The highest BCUT2D eigenvalue weighted by Gasteiger charge is 1.97. The summed E-state index contributed by atoms with van der Waals surface area (Å²) in [4.78, 5) is 10.3. The third-order valence-electron chi connectivity index (χ3n) is 4.89. The van der Waals surface area contributed by atoms with Crippen LogP contribution in [0, 0.1) is 0 Å². The van der Waals surface area contributed by atoms with Crippen LogP contribution in [0.4, 0.5) is 5.69 Å². The summed E-state index contributed by atoms with van der Waals surface area (Å²) in [6.07, 6.45) is 20.2. The van der Waals surface area contributed by atoms with Gasteiger partial charge in [0.15, 0.2) is 0 Å². The first-order chi connectivity index (χ1) is 13.6. The number of hydrogen-bond donors (Lipinski definition) is 3. The zero-order chi connectivity index (χ0) is 20.9. The predicted molar refractivity (Wildman–Crippen MR) is 120 cm³/mol. The Kier molecular flexibility index (Phi) is 18.8. The van der Waals surface area contributed by atoms with Gasteiger partial charge in [-0.1, -0.05) is 96.8 Å². The van der Waals surface area contributed by atoms with Gasteiger partial charge < -0.3 is 15.9 Å². The van der Waals surface area contributed by atoms with Gasteiger partial charge in [0.05, 0.1) is 0 Å². The lowest BCUT2D eigenvalue weighted by Crippen LogP contribution is -1.93. The minimum atomic E-state index is -0.653. The van der Waals surface area contributed by atoms with Crippen molar-refractivity contribution in [2.45, 2.75) is 110 Å². The quantitative estimate of drug-likeness (QED) is 0.156. The van der Waals surface area contributed by atoms with E-state index in [1.807, 2.05) is 0 Å². The minimum absolute atomic E-state index is 0.249. The number of rotatable bonds is 16. The fourth-order valence-electron chi connectivity index (χ4n) is 3.12. The summed E-state index contributed by atoms with van der Waals surface area (Å²) in [6.45, 7) is 2.27. The molecule has 28 heavy (non-hydrogen) atoms. The molecule has 1 rings (SSSR count). The molecule has 1 aromatic carbocycles. The maximum Gasteiger partial charge on any atom is 0.303 e. The van der Waals surface area contributed by atoms with Crippen molar-refractivity contribution in [1.82, 2.24) is 0 Å². The Labute approximate surface area is 172 Å². The Morgan fingerprint density at radius 2 is 1.07 bits per heavy atom. The van der Waals surface area contributed by atoms with Gasteiger partial charge in [-0.25, -0.2) is 0 Å². The lowest BCUT2D eigenvalue weighted by molar-refractivity contribution is -0.137. The molecule has 0 spiro atoms. The zero-order valence-corrected chi connectivity index (χ0v) is 18.0. The van der Waals surface area contributed by atoms with Crippen LogP contribution in [0.3, 0.4) is 0 Å². The molecular weight excluding hydrogens is 350 g/mol. The summed E-state index contributed by atoms with van der Waals surface area (Å²) in [6, 6.07) is 6.40. The Morgan fingerprint density at radius 1 is 0.714 bits per heavy atom. The second kappa shape index (κ2) is 20.0. The normalized spacial score (nSPS) is 10.3. The van der Waals surface area contributed by atoms with Gasteiger partial charge in [0.2, 0.25) is 0 Å². The van der Waals surface area contributed by atoms with E-state index < -0.39 is 5.97 Å². The molecule has 4 heteroatoms. The van der Waals surface area contributed by atoms with Crippen LogP contribution in [-0.2, 0) is 4.79 Å². The average Bonchev–Trinajstić information content (AvgIpc) is 2.67. The number of carboxylic acid groups (broad SMARTS) is 1. The summed E-state index contributed by atoms with van der Waals surface area (Å²) in [7, 11) is 0. The molecule has 0 saturated carbocycles. The first-order valence-corrected chi connectivity index (χ1v) is 11.3. The highest BCUT2D eigenvalue weighted by Crippen LogP contribution is 2.13. The van der Waals surface area contributed by atoms with Crippen LogP contribution in [0.1, 0.15) is 110 Å². The van der Waals surface area contributed by atoms with E-state index in [0.29, 0.717) is 12.1 Å². The maximum atomic E-state index is 10.3. The van der Waals surface area contributed by atoms with Crippen molar-refractivity contribution in [3.8, 4) is 5.75 Å². The number of carboxylic acids is 1. The molecule has 0 aliphatic carbocycles.